The number of benzene rings is 3. The van der Waals surface area contributed by atoms with Crippen LogP contribution in [-0.4, -0.2) is 37.0 Å². The number of ether oxygens (including phenoxy) is 2. The van der Waals surface area contributed by atoms with E-state index in [0.29, 0.717) is 23.7 Å². The lowest BCUT2D eigenvalue weighted by Crippen LogP contribution is -2.34. The maximum atomic E-state index is 12.9. The van der Waals surface area contributed by atoms with Crippen molar-refractivity contribution in [3.8, 4) is 0 Å². The van der Waals surface area contributed by atoms with Crippen molar-refractivity contribution in [3.63, 3.8) is 0 Å². The molecule has 3 N–H and O–H groups in total. The third-order valence-corrected chi connectivity index (χ3v) is 7.21. The van der Waals surface area contributed by atoms with Gasteiger partial charge in [0.15, 0.2) is 0 Å². The molecule has 4 rings (SSSR count). The first-order valence-corrected chi connectivity index (χ1v) is 14.3. The van der Waals surface area contributed by atoms with Gasteiger partial charge in [-0.25, -0.2) is 4.79 Å². The predicted molar refractivity (Wildman–Crippen MR) is 158 cm³/mol. The Kier molecular flexibility index (Phi) is 11.5. The summed E-state index contributed by atoms with van der Waals surface area (Å²) >= 11 is 0. The monoisotopic (exact) mass is 571 g/mol. The number of hydrogen-bond donors (Lipinski definition) is 3. The molecule has 42 heavy (non-hydrogen) atoms. The van der Waals surface area contributed by atoms with Gasteiger partial charge in [0.25, 0.3) is 5.91 Å². The third kappa shape index (κ3) is 10.1. The molecule has 0 saturated heterocycles. The van der Waals surface area contributed by atoms with Gasteiger partial charge in [0.2, 0.25) is 5.91 Å². The minimum atomic E-state index is -0.439. The van der Waals surface area contributed by atoms with Gasteiger partial charge < -0.3 is 25.4 Å². The highest BCUT2D eigenvalue weighted by Gasteiger charge is 2.27. The molecular weight excluding hydrogens is 534 g/mol. The summed E-state index contributed by atoms with van der Waals surface area (Å²) in [6.07, 6.45) is 2.71. The lowest BCUT2D eigenvalue weighted by Gasteiger charge is -2.27. The number of alkyl carbamates (subject to hydrolysis) is 1. The maximum absolute atomic E-state index is 12.9. The smallest absolute Gasteiger partial charge is 0.407 e. The summed E-state index contributed by atoms with van der Waals surface area (Å²) in [5, 5.41) is 8.48. The van der Waals surface area contributed by atoms with Gasteiger partial charge in [-0.3, -0.25) is 14.4 Å². The second-order valence-electron chi connectivity index (χ2n) is 10.4. The summed E-state index contributed by atoms with van der Waals surface area (Å²) in [6.45, 7) is 1.08. The molecule has 0 aromatic heterocycles. The van der Waals surface area contributed by atoms with Crippen molar-refractivity contribution in [1.82, 2.24) is 10.6 Å². The number of hydrogen-bond acceptors (Lipinski definition) is 6. The van der Waals surface area contributed by atoms with Gasteiger partial charge in [-0.2, -0.15) is 0 Å². The molecule has 3 aromatic rings. The zero-order chi connectivity index (χ0) is 29.6. The van der Waals surface area contributed by atoms with E-state index in [1.54, 1.807) is 24.3 Å². The van der Waals surface area contributed by atoms with Gasteiger partial charge in [0.05, 0.1) is 6.42 Å². The van der Waals surface area contributed by atoms with Crippen molar-refractivity contribution in [2.75, 3.05) is 18.4 Å². The first-order valence-electron chi connectivity index (χ1n) is 14.3. The van der Waals surface area contributed by atoms with Crippen molar-refractivity contribution in [2.45, 2.75) is 45.3 Å². The molecule has 9 heteroatoms. The van der Waals surface area contributed by atoms with Crippen LogP contribution in [0.3, 0.4) is 0 Å². The Morgan fingerprint density at radius 3 is 2.02 bits per heavy atom. The van der Waals surface area contributed by atoms with Crippen LogP contribution in [0.5, 0.6) is 0 Å². The molecule has 0 unspecified atom stereocenters. The normalized spacial score (nSPS) is 16.1. The highest BCUT2D eigenvalue weighted by atomic mass is 16.5. The number of carbonyl (C=O) groups excluding carboxylic acids is 4. The average molecular weight is 572 g/mol. The third-order valence-electron chi connectivity index (χ3n) is 7.21. The quantitative estimate of drug-likeness (QED) is 0.256. The summed E-state index contributed by atoms with van der Waals surface area (Å²) in [5.41, 5.74) is 2.76. The molecule has 0 atom stereocenters. The Morgan fingerprint density at radius 1 is 0.714 bits per heavy atom. The number of esters is 1. The maximum Gasteiger partial charge on any atom is 0.407 e. The van der Waals surface area contributed by atoms with Crippen molar-refractivity contribution in [1.29, 1.82) is 0 Å². The van der Waals surface area contributed by atoms with E-state index in [9.17, 15) is 19.2 Å². The molecule has 0 aliphatic heterocycles. The zero-order valence-electron chi connectivity index (χ0n) is 23.6. The van der Waals surface area contributed by atoms with E-state index >= 15 is 0 Å². The summed E-state index contributed by atoms with van der Waals surface area (Å²) in [6, 6.07) is 25.6. The van der Waals surface area contributed by atoms with Gasteiger partial charge in [-0.1, -0.05) is 66.7 Å². The minimum Gasteiger partial charge on any atom is -0.461 e. The molecule has 3 aromatic carbocycles. The van der Waals surface area contributed by atoms with Crippen LogP contribution in [-0.2, 0) is 32.3 Å². The molecule has 1 aliphatic rings. The summed E-state index contributed by atoms with van der Waals surface area (Å²) in [5.74, 6) is -0.653. The van der Waals surface area contributed by atoms with Gasteiger partial charge in [0, 0.05) is 30.3 Å². The Morgan fingerprint density at radius 2 is 1.36 bits per heavy atom. The van der Waals surface area contributed by atoms with Gasteiger partial charge >= 0.3 is 12.1 Å². The summed E-state index contributed by atoms with van der Waals surface area (Å²) in [7, 11) is 0. The van der Waals surface area contributed by atoms with Crippen LogP contribution in [0.25, 0.3) is 0 Å². The van der Waals surface area contributed by atoms with E-state index in [-0.39, 0.29) is 43.9 Å². The first kappa shape index (κ1) is 30.3. The predicted octanol–water partition coefficient (Wildman–Crippen LogP) is 5.22. The lowest BCUT2D eigenvalue weighted by atomic mass is 9.81. The van der Waals surface area contributed by atoms with Crippen LogP contribution >= 0.6 is 0 Å². The minimum absolute atomic E-state index is 0.0576. The van der Waals surface area contributed by atoms with E-state index < -0.39 is 12.1 Å². The van der Waals surface area contributed by atoms with Crippen LogP contribution < -0.4 is 16.0 Å². The Hall–Kier alpha value is -4.66. The number of rotatable bonds is 12. The van der Waals surface area contributed by atoms with Crippen LogP contribution in [0.4, 0.5) is 10.5 Å². The first-order chi connectivity index (χ1) is 20.5. The molecule has 0 spiro atoms. The second kappa shape index (κ2) is 16.0. The van der Waals surface area contributed by atoms with Gasteiger partial charge in [0.1, 0.15) is 13.2 Å². The van der Waals surface area contributed by atoms with Crippen LogP contribution in [0, 0.1) is 11.8 Å². The molecule has 1 saturated carbocycles. The highest BCUT2D eigenvalue weighted by molar-refractivity contribution is 5.97. The molecule has 220 valence electrons. The number of carbonyl (C=O) groups is 4. The van der Waals surface area contributed by atoms with E-state index in [1.807, 2.05) is 60.7 Å². The molecule has 1 fully saturated rings. The Labute approximate surface area is 246 Å². The standard InChI is InChI=1S/C33H37N3O6/c37-30(41-22-25-8-3-1-4-9-25)18-19-34-31(38)28-12-7-13-29(20-28)36-32(39)27-16-14-24(15-17-27)21-35-33(40)42-23-26-10-5-2-6-11-26/h1-13,20,24,27H,14-19,21-23H2,(H,34,38)(H,35,40)(H,36,39)/t24-,27-. The summed E-state index contributed by atoms with van der Waals surface area (Å²) in [4.78, 5) is 49.5. The molecule has 0 heterocycles. The number of amides is 3. The molecule has 0 radical (unpaired) electrons. The molecule has 3 amide bonds. The van der Waals surface area contributed by atoms with Crippen molar-refractivity contribution < 1.29 is 28.7 Å². The SMILES string of the molecule is O=C(CCNC(=O)c1cccc(NC(=O)[C@H]2CC[C@H](CNC(=O)OCc3ccccc3)CC2)c1)OCc1ccccc1. The van der Waals surface area contributed by atoms with E-state index in [1.165, 1.54) is 0 Å². The van der Waals surface area contributed by atoms with E-state index in [4.69, 9.17) is 9.47 Å². The fourth-order valence-corrected chi connectivity index (χ4v) is 4.80. The average Bonchev–Trinajstić information content (AvgIpc) is 3.03. The number of nitrogens with one attached hydrogen (secondary N) is 3. The summed E-state index contributed by atoms with van der Waals surface area (Å²) < 4.78 is 10.5. The van der Waals surface area contributed by atoms with Crippen LogP contribution in [0.15, 0.2) is 84.9 Å². The van der Waals surface area contributed by atoms with Crippen molar-refractivity contribution >= 4 is 29.6 Å². The molecule has 9 nitrogen and oxygen atoms in total. The molecular formula is C33H37N3O6. The zero-order valence-corrected chi connectivity index (χ0v) is 23.6. The molecule has 1 aliphatic carbocycles. The second-order valence-corrected chi connectivity index (χ2v) is 10.4. The van der Waals surface area contributed by atoms with E-state index in [2.05, 4.69) is 16.0 Å². The van der Waals surface area contributed by atoms with Crippen LogP contribution in [0.2, 0.25) is 0 Å². The topological polar surface area (TPSA) is 123 Å². The fourth-order valence-electron chi connectivity index (χ4n) is 4.80. The van der Waals surface area contributed by atoms with Crippen LogP contribution in [0.1, 0.15) is 53.6 Å². The lowest BCUT2D eigenvalue weighted by molar-refractivity contribution is -0.144. The highest BCUT2D eigenvalue weighted by Crippen LogP contribution is 2.29. The Balaban J connectivity index is 1.12. The van der Waals surface area contributed by atoms with Crippen molar-refractivity contribution in [2.24, 2.45) is 11.8 Å². The Bertz CT molecular complexity index is 1320. The fraction of sp³-hybridized carbons (Fsp3) is 0.333. The van der Waals surface area contributed by atoms with Crippen molar-refractivity contribution in [3.05, 3.63) is 102 Å². The van der Waals surface area contributed by atoms with E-state index in [0.717, 1.165) is 36.8 Å². The molecule has 0 bridgehead atoms. The van der Waals surface area contributed by atoms with Gasteiger partial charge in [-0.05, 0) is 60.9 Å². The number of anilines is 1. The largest absolute Gasteiger partial charge is 0.461 e. The van der Waals surface area contributed by atoms with Gasteiger partial charge in [-0.15, -0.1) is 0 Å².